The Hall–Kier alpha value is -2.34. The lowest BCUT2D eigenvalue weighted by Crippen LogP contribution is -2.08. The van der Waals surface area contributed by atoms with Crippen LogP contribution in [0.5, 0.6) is 5.75 Å². The van der Waals surface area contributed by atoms with Gasteiger partial charge in [0.1, 0.15) is 5.75 Å². The number of aliphatic hydroxyl groups excluding tert-OH is 1. The highest BCUT2D eigenvalue weighted by molar-refractivity contribution is 5.83. The predicted molar refractivity (Wildman–Crippen MR) is 77.0 cm³/mol. The Morgan fingerprint density at radius 2 is 1.82 bits per heavy atom. The molecule has 0 saturated carbocycles. The molecule has 0 aliphatic heterocycles. The van der Waals surface area contributed by atoms with Crippen molar-refractivity contribution in [2.75, 3.05) is 6.54 Å². The maximum absolute atomic E-state index is 12.6. The molecule has 116 valence electrons. The maximum atomic E-state index is 12.6. The van der Waals surface area contributed by atoms with Crippen LogP contribution in [0.3, 0.4) is 0 Å². The number of hydrogen-bond donors (Lipinski definition) is 2. The highest BCUT2D eigenvalue weighted by Gasteiger charge is 2.30. The van der Waals surface area contributed by atoms with Crippen molar-refractivity contribution in [3.05, 3.63) is 65.2 Å². The largest absolute Gasteiger partial charge is 0.507 e. The van der Waals surface area contributed by atoms with Gasteiger partial charge < -0.3 is 10.2 Å². The van der Waals surface area contributed by atoms with Crippen molar-refractivity contribution in [2.24, 2.45) is 4.99 Å². The molecule has 0 aliphatic rings. The summed E-state index contributed by atoms with van der Waals surface area (Å²) in [5.41, 5.74) is -0.197. The molecule has 0 heterocycles. The third kappa shape index (κ3) is 4.08. The van der Waals surface area contributed by atoms with Crippen LogP contribution in [-0.2, 0) is 6.18 Å². The third-order valence-electron chi connectivity index (χ3n) is 3.04. The molecule has 0 spiro atoms. The zero-order valence-electron chi connectivity index (χ0n) is 11.5. The molecule has 2 N–H and O–H groups in total. The minimum atomic E-state index is -4.45. The van der Waals surface area contributed by atoms with Crippen LogP contribution in [0, 0.1) is 0 Å². The van der Waals surface area contributed by atoms with Crippen molar-refractivity contribution >= 4 is 6.21 Å². The molecule has 22 heavy (non-hydrogen) atoms. The second kappa shape index (κ2) is 6.62. The lowest BCUT2D eigenvalue weighted by molar-refractivity contribution is -0.137. The van der Waals surface area contributed by atoms with Crippen LogP contribution in [0.4, 0.5) is 13.2 Å². The van der Waals surface area contributed by atoms with E-state index in [2.05, 4.69) is 4.99 Å². The normalized spacial score (nSPS) is 13.5. The Labute approximate surface area is 125 Å². The molecular weight excluding hydrogens is 295 g/mol. The van der Waals surface area contributed by atoms with E-state index in [1.807, 2.05) is 0 Å². The number of phenols is 1. The van der Waals surface area contributed by atoms with Crippen LogP contribution in [-0.4, -0.2) is 23.0 Å². The average molecular weight is 309 g/mol. The van der Waals surface area contributed by atoms with Gasteiger partial charge in [-0.25, -0.2) is 0 Å². The first kappa shape index (κ1) is 16.0. The van der Waals surface area contributed by atoms with Crippen molar-refractivity contribution in [3.63, 3.8) is 0 Å². The van der Waals surface area contributed by atoms with Crippen molar-refractivity contribution < 1.29 is 23.4 Å². The Balaban J connectivity index is 2.07. The fraction of sp³-hybridized carbons (Fsp3) is 0.188. The first-order valence-electron chi connectivity index (χ1n) is 6.51. The van der Waals surface area contributed by atoms with Gasteiger partial charge in [-0.2, -0.15) is 13.2 Å². The number of rotatable bonds is 4. The van der Waals surface area contributed by atoms with Gasteiger partial charge in [0.25, 0.3) is 0 Å². The van der Waals surface area contributed by atoms with E-state index in [0.717, 1.165) is 12.1 Å². The number of alkyl halides is 3. The minimum absolute atomic E-state index is 0.0415. The summed E-state index contributed by atoms with van der Waals surface area (Å²) in [6.07, 6.45) is -4.23. The summed E-state index contributed by atoms with van der Waals surface area (Å²) in [5.74, 6) is 0.0415. The number of halogens is 3. The SMILES string of the molecule is Oc1ccccc1C=NCC(O)c1cccc(C(F)(F)F)c1. The summed E-state index contributed by atoms with van der Waals surface area (Å²) in [4.78, 5) is 3.95. The highest BCUT2D eigenvalue weighted by Crippen LogP contribution is 2.30. The number of nitrogens with zero attached hydrogens (tertiary/aromatic N) is 1. The van der Waals surface area contributed by atoms with E-state index in [1.54, 1.807) is 18.2 Å². The highest BCUT2D eigenvalue weighted by atomic mass is 19.4. The van der Waals surface area contributed by atoms with Gasteiger partial charge in [0.05, 0.1) is 18.2 Å². The fourth-order valence-corrected chi connectivity index (χ4v) is 1.88. The van der Waals surface area contributed by atoms with Crippen molar-refractivity contribution in [1.29, 1.82) is 0 Å². The smallest absolute Gasteiger partial charge is 0.416 e. The molecule has 0 amide bonds. The second-order valence-electron chi connectivity index (χ2n) is 4.69. The Morgan fingerprint density at radius 3 is 2.50 bits per heavy atom. The molecule has 2 rings (SSSR count). The number of benzene rings is 2. The molecular formula is C16H14F3NO2. The molecule has 0 aliphatic carbocycles. The van der Waals surface area contributed by atoms with Crippen molar-refractivity contribution in [3.8, 4) is 5.75 Å². The van der Waals surface area contributed by atoms with Gasteiger partial charge in [0.15, 0.2) is 0 Å². The molecule has 2 aromatic carbocycles. The van der Waals surface area contributed by atoms with Crippen LogP contribution in [0.1, 0.15) is 22.8 Å². The molecule has 0 aromatic heterocycles. The zero-order valence-corrected chi connectivity index (χ0v) is 11.5. The number of aromatic hydroxyl groups is 1. The quantitative estimate of drug-likeness (QED) is 0.848. The van der Waals surface area contributed by atoms with Crippen LogP contribution in [0.2, 0.25) is 0 Å². The van der Waals surface area contributed by atoms with Crippen LogP contribution >= 0.6 is 0 Å². The standard InChI is InChI=1S/C16H14F3NO2/c17-16(18,19)13-6-3-5-11(8-13)15(22)10-20-9-12-4-1-2-7-14(12)21/h1-9,15,21-22H,10H2. The first-order chi connectivity index (χ1) is 10.4. The lowest BCUT2D eigenvalue weighted by atomic mass is 10.1. The van der Waals surface area contributed by atoms with E-state index in [9.17, 15) is 23.4 Å². The van der Waals surface area contributed by atoms with Crippen LogP contribution in [0.15, 0.2) is 53.5 Å². The zero-order chi connectivity index (χ0) is 16.2. The van der Waals surface area contributed by atoms with Gasteiger partial charge in [-0.3, -0.25) is 4.99 Å². The maximum Gasteiger partial charge on any atom is 0.416 e. The monoisotopic (exact) mass is 309 g/mol. The average Bonchev–Trinajstić information content (AvgIpc) is 2.48. The first-order valence-corrected chi connectivity index (χ1v) is 6.51. The third-order valence-corrected chi connectivity index (χ3v) is 3.04. The van der Waals surface area contributed by atoms with Gasteiger partial charge >= 0.3 is 6.18 Å². The number of aliphatic imine (C=N–C) groups is 1. The lowest BCUT2D eigenvalue weighted by Gasteiger charge is -2.12. The molecule has 0 bridgehead atoms. The molecule has 2 aromatic rings. The minimum Gasteiger partial charge on any atom is -0.507 e. The topological polar surface area (TPSA) is 52.8 Å². The molecule has 0 saturated heterocycles. The van der Waals surface area contributed by atoms with Crippen molar-refractivity contribution in [2.45, 2.75) is 12.3 Å². The second-order valence-corrected chi connectivity index (χ2v) is 4.69. The van der Waals surface area contributed by atoms with Crippen molar-refractivity contribution in [1.82, 2.24) is 0 Å². The van der Waals surface area contributed by atoms with Gasteiger partial charge in [-0.05, 0) is 29.8 Å². The van der Waals surface area contributed by atoms with Gasteiger partial charge in [0, 0.05) is 11.8 Å². The molecule has 1 unspecified atom stereocenters. The molecule has 3 nitrogen and oxygen atoms in total. The summed E-state index contributed by atoms with van der Waals surface area (Å²) >= 11 is 0. The number of phenolic OH excluding ortho intramolecular Hbond substituents is 1. The summed E-state index contributed by atoms with van der Waals surface area (Å²) in [6, 6.07) is 11.0. The van der Waals surface area contributed by atoms with Gasteiger partial charge in [-0.1, -0.05) is 24.3 Å². The van der Waals surface area contributed by atoms with E-state index in [4.69, 9.17) is 0 Å². The van der Waals surface area contributed by atoms with Gasteiger partial charge in [0.2, 0.25) is 0 Å². The summed E-state index contributed by atoms with van der Waals surface area (Å²) in [7, 11) is 0. The molecule has 1 atom stereocenters. The van der Waals surface area contributed by atoms with E-state index >= 15 is 0 Å². The fourth-order valence-electron chi connectivity index (χ4n) is 1.88. The Morgan fingerprint density at radius 1 is 1.09 bits per heavy atom. The predicted octanol–water partition coefficient (Wildman–Crippen LogP) is 3.56. The number of hydrogen-bond acceptors (Lipinski definition) is 3. The number of para-hydroxylation sites is 1. The van der Waals surface area contributed by atoms with E-state index < -0.39 is 17.8 Å². The summed E-state index contributed by atoms with van der Waals surface area (Å²) in [6.45, 7) is -0.102. The Bertz CT molecular complexity index is 668. The van der Waals surface area contributed by atoms with Gasteiger partial charge in [-0.15, -0.1) is 0 Å². The van der Waals surface area contributed by atoms with E-state index in [1.165, 1.54) is 24.4 Å². The Kier molecular flexibility index (Phi) is 4.82. The van der Waals surface area contributed by atoms with E-state index in [0.29, 0.717) is 5.56 Å². The van der Waals surface area contributed by atoms with Crippen LogP contribution < -0.4 is 0 Å². The van der Waals surface area contributed by atoms with Crippen LogP contribution in [0.25, 0.3) is 0 Å². The summed E-state index contributed by atoms with van der Waals surface area (Å²) in [5, 5.41) is 19.5. The molecule has 0 fully saturated rings. The molecule has 0 radical (unpaired) electrons. The number of aliphatic hydroxyl groups is 1. The molecule has 6 heteroatoms. The van der Waals surface area contributed by atoms with E-state index in [-0.39, 0.29) is 17.9 Å². The summed E-state index contributed by atoms with van der Waals surface area (Å²) < 4.78 is 37.8.